The summed E-state index contributed by atoms with van der Waals surface area (Å²) in [6.07, 6.45) is 5.73. The van der Waals surface area contributed by atoms with Crippen molar-refractivity contribution >= 4 is 23.5 Å². The molecule has 1 rings (SSSR count). The van der Waals surface area contributed by atoms with Crippen molar-refractivity contribution in [3.8, 4) is 5.75 Å². The Morgan fingerprint density at radius 3 is 2.62 bits per heavy atom. The van der Waals surface area contributed by atoms with Gasteiger partial charge in [-0.05, 0) is 69.9 Å². The number of hydrogen-bond donors (Lipinski definition) is 0. The van der Waals surface area contributed by atoms with Gasteiger partial charge in [0.15, 0.2) is 6.61 Å². The van der Waals surface area contributed by atoms with Crippen molar-refractivity contribution in [2.24, 2.45) is 0 Å². The molecule has 0 aliphatic carbocycles. The topological polar surface area (TPSA) is 61.8 Å². The number of ether oxygens (including phenoxy) is 3. The lowest BCUT2D eigenvalue weighted by Crippen LogP contribution is -2.23. The first-order valence-corrected chi connectivity index (χ1v) is 9.85. The Morgan fingerprint density at radius 1 is 1.28 bits per heavy atom. The highest BCUT2D eigenvalue weighted by atomic mass is 35.5. The van der Waals surface area contributed by atoms with Crippen LogP contribution in [0.3, 0.4) is 0 Å². The smallest absolute Gasteiger partial charge is 0.344 e. The molecular formula is C23H29ClO5. The minimum atomic E-state index is -0.462. The molecule has 0 fully saturated rings. The summed E-state index contributed by atoms with van der Waals surface area (Å²) in [6, 6.07) is 5.20. The molecule has 0 saturated heterocycles. The van der Waals surface area contributed by atoms with Crippen LogP contribution in [0, 0.1) is 6.92 Å². The molecule has 0 aliphatic rings. The Labute approximate surface area is 178 Å². The van der Waals surface area contributed by atoms with Gasteiger partial charge in [-0.1, -0.05) is 35.9 Å². The molecule has 0 aliphatic heterocycles. The van der Waals surface area contributed by atoms with E-state index >= 15 is 0 Å². The highest BCUT2D eigenvalue weighted by Crippen LogP contribution is 2.22. The number of rotatable bonds is 11. The molecule has 0 bridgehead atoms. The van der Waals surface area contributed by atoms with Crippen molar-refractivity contribution in [2.45, 2.75) is 46.6 Å². The lowest BCUT2D eigenvalue weighted by atomic mass is 10.0. The van der Waals surface area contributed by atoms with Gasteiger partial charge < -0.3 is 14.2 Å². The molecular weight excluding hydrogens is 392 g/mol. The fourth-order valence-electron chi connectivity index (χ4n) is 2.43. The zero-order chi connectivity index (χ0) is 21.8. The summed E-state index contributed by atoms with van der Waals surface area (Å²) in [5.74, 6) is -0.247. The van der Waals surface area contributed by atoms with E-state index in [0.29, 0.717) is 30.2 Å². The van der Waals surface area contributed by atoms with Crippen molar-refractivity contribution in [3.63, 3.8) is 0 Å². The predicted octanol–water partition coefficient (Wildman–Crippen LogP) is 5.36. The van der Waals surface area contributed by atoms with Gasteiger partial charge in [-0.3, -0.25) is 0 Å². The molecule has 6 heteroatoms. The van der Waals surface area contributed by atoms with E-state index < -0.39 is 12.1 Å². The Morgan fingerprint density at radius 2 is 2.00 bits per heavy atom. The monoisotopic (exact) mass is 420 g/mol. The van der Waals surface area contributed by atoms with Crippen LogP contribution < -0.4 is 4.74 Å². The third-order valence-corrected chi connectivity index (χ3v) is 4.24. The van der Waals surface area contributed by atoms with Gasteiger partial charge in [0.2, 0.25) is 0 Å². The van der Waals surface area contributed by atoms with Crippen LogP contribution in [-0.4, -0.2) is 31.3 Å². The van der Waals surface area contributed by atoms with Crippen LogP contribution >= 0.6 is 11.6 Å². The fourth-order valence-corrected chi connectivity index (χ4v) is 2.66. The van der Waals surface area contributed by atoms with Crippen molar-refractivity contribution in [2.75, 3.05) is 13.2 Å². The first-order chi connectivity index (χ1) is 13.7. The van der Waals surface area contributed by atoms with E-state index in [4.69, 9.17) is 25.8 Å². The molecule has 158 valence electrons. The average Bonchev–Trinajstić information content (AvgIpc) is 2.64. The zero-order valence-corrected chi connectivity index (χ0v) is 18.3. The van der Waals surface area contributed by atoms with Gasteiger partial charge in [0.05, 0.1) is 6.61 Å². The van der Waals surface area contributed by atoms with Crippen LogP contribution in [-0.2, 0) is 19.1 Å². The summed E-state index contributed by atoms with van der Waals surface area (Å²) in [5, 5.41) is 0.611. The molecule has 1 atom stereocenters. The lowest BCUT2D eigenvalue weighted by molar-refractivity contribution is -0.150. The zero-order valence-electron chi connectivity index (χ0n) is 17.5. The Balaban J connectivity index is 2.52. The highest BCUT2D eigenvalue weighted by Gasteiger charge is 2.16. The Hall–Kier alpha value is -2.53. The van der Waals surface area contributed by atoms with E-state index in [-0.39, 0.29) is 12.6 Å². The first-order valence-electron chi connectivity index (χ1n) is 9.47. The molecule has 0 aromatic heterocycles. The average molecular weight is 421 g/mol. The third-order valence-electron chi connectivity index (χ3n) is 4.01. The normalized spacial score (nSPS) is 12.5. The molecule has 1 aromatic rings. The summed E-state index contributed by atoms with van der Waals surface area (Å²) >= 11 is 5.92. The number of halogens is 1. The minimum Gasteiger partial charge on any atom is -0.482 e. The maximum absolute atomic E-state index is 12.2. The molecule has 0 heterocycles. The van der Waals surface area contributed by atoms with Gasteiger partial charge in [-0.25, -0.2) is 9.59 Å². The molecule has 1 aromatic carbocycles. The Kier molecular flexibility index (Phi) is 10.8. The van der Waals surface area contributed by atoms with Gasteiger partial charge in [0.1, 0.15) is 11.9 Å². The summed E-state index contributed by atoms with van der Waals surface area (Å²) < 4.78 is 15.9. The van der Waals surface area contributed by atoms with E-state index in [9.17, 15) is 9.59 Å². The number of allylic oxidation sites excluding steroid dienone is 3. The number of aryl methyl sites for hydroxylation is 1. The summed E-state index contributed by atoms with van der Waals surface area (Å²) in [6.45, 7) is 11.4. The first kappa shape index (κ1) is 24.5. The molecule has 29 heavy (non-hydrogen) atoms. The number of esters is 2. The largest absolute Gasteiger partial charge is 0.482 e. The molecule has 5 nitrogen and oxygen atoms in total. The Bertz CT molecular complexity index is 779. The van der Waals surface area contributed by atoms with Crippen LogP contribution in [0.4, 0.5) is 0 Å². The van der Waals surface area contributed by atoms with Crippen LogP contribution in [0.25, 0.3) is 0 Å². The van der Waals surface area contributed by atoms with E-state index in [1.165, 1.54) is 6.08 Å². The second kappa shape index (κ2) is 12.8. The van der Waals surface area contributed by atoms with Crippen LogP contribution in [0.1, 0.15) is 39.2 Å². The van der Waals surface area contributed by atoms with Gasteiger partial charge >= 0.3 is 11.9 Å². The summed E-state index contributed by atoms with van der Waals surface area (Å²) in [4.78, 5) is 23.4. The molecule has 0 N–H and O–H groups in total. The van der Waals surface area contributed by atoms with Crippen molar-refractivity contribution in [1.29, 1.82) is 0 Å². The number of carbonyl (C=O) groups is 2. The second-order valence-electron chi connectivity index (χ2n) is 6.69. The predicted molar refractivity (Wildman–Crippen MR) is 115 cm³/mol. The second-order valence-corrected chi connectivity index (χ2v) is 7.12. The van der Waals surface area contributed by atoms with E-state index in [1.807, 2.05) is 26.8 Å². The van der Waals surface area contributed by atoms with E-state index in [2.05, 4.69) is 6.58 Å². The number of hydrogen-bond acceptors (Lipinski definition) is 5. The molecule has 1 unspecified atom stereocenters. The van der Waals surface area contributed by atoms with Gasteiger partial charge in [-0.15, -0.1) is 0 Å². The fraction of sp³-hybridized carbons (Fsp3) is 0.391. The van der Waals surface area contributed by atoms with Crippen LogP contribution in [0.5, 0.6) is 5.75 Å². The molecule has 0 saturated carbocycles. The molecule has 0 radical (unpaired) electrons. The van der Waals surface area contributed by atoms with E-state index in [1.54, 1.807) is 31.2 Å². The van der Waals surface area contributed by atoms with Gasteiger partial charge in [0, 0.05) is 11.1 Å². The quantitative estimate of drug-likeness (QED) is 0.209. The third kappa shape index (κ3) is 9.99. The highest BCUT2D eigenvalue weighted by molar-refractivity contribution is 6.30. The molecule has 0 spiro atoms. The van der Waals surface area contributed by atoms with Crippen molar-refractivity contribution in [1.82, 2.24) is 0 Å². The number of benzene rings is 1. The van der Waals surface area contributed by atoms with Crippen molar-refractivity contribution in [3.05, 3.63) is 64.7 Å². The van der Waals surface area contributed by atoms with Crippen LogP contribution in [0.15, 0.2) is 54.2 Å². The minimum absolute atomic E-state index is 0.191. The van der Waals surface area contributed by atoms with E-state index in [0.717, 1.165) is 16.7 Å². The standard InChI is InChI=1S/C23H29ClO5/c1-6-27-22(25)9-7-8-17(4)10-12-20(16(2)3)29-23(26)15-28-21-13-11-19(24)14-18(21)5/h7-9,11,13-14,20H,2,6,10,12,15H2,1,3-5H3/b9-7+,17-8+. The van der Waals surface area contributed by atoms with Crippen molar-refractivity contribution < 1.29 is 23.8 Å². The maximum atomic E-state index is 12.2. The summed E-state index contributed by atoms with van der Waals surface area (Å²) in [7, 11) is 0. The SMILES string of the molecule is C=C(C)C(CC/C(C)=C/C=C/C(=O)OCC)OC(=O)COc1ccc(Cl)cc1C. The maximum Gasteiger partial charge on any atom is 0.344 e. The summed E-state index contributed by atoms with van der Waals surface area (Å²) in [5.41, 5.74) is 2.65. The number of carbonyl (C=O) groups excluding carboxylic acids is 2. The van der Waals surface area contributed by atoms with Gasteiger partial charge in [-0.2, -0.15) is 0 Å². The van der Waals surface area contributed by atoms with Crippen LogP contribution in [0.2, 0.25) is 5.02 Å². The van der Waals surface area contributed by atoms with Gasteiger partial charge in [0.25, 0.3) is 0 Å². The molecule has 0 amide bonds. The lowest BCUT2D eigenvalue weighted by Gasteiger charge is -2.18.